The lowest BCUT2D eigenvalue weighted by molar-refractivity contribution is -0.130. The highest BCUT2D eigenvalue weighted by molar-refractivity contribution is 7.88. The molecule has 8 nitrogen and oxygen atoms in total. The van der Waals surface area contributed by atoms with Crippen LogP contribution in [0.15, 0.2) is 36.4 Å². The summed E-state index contributed by atoms with van der Waals surface area (Å²) in [5.74, 6) is 1.18. The molecule has 0 heterocycles. The number of nitrogens with zero attached hydrogens (tertiary/aromatic N) is 1. The van der Waals surface area contributed by atoms with E-state index in [2.05, 4.69) is 4.72 Å². The van der Waals surface area contributed by atoms with Gasteiger partial charge in [-0.1, -0.05) is 23.7 Å². The Morgan fingerprint density at radius 2 is 1.61 bits per heavy atom. The molecule has 10 heteroatoms. The standard InChI is InChI=1S/C21H27ClN2O6S/c1-24(13-14-10-18(28-2)21(30-4)19(11-14)29-3)20(25)12-17(23-31(5,26)27)15-6-8-16(22)9-7-15/h6-11,17,23H,12-13H2,1-5H3. The fraction of sp³-hybridized carbons (Fsp3) is 0.381. The lowest BCUT2D eigenvalue weighted by Crippen LogP contribution is -2.34. The van der Waals surface area contributed by atoms with E-state index in [1.165, 1.54) is 26.2 Å². The van der Waals surface area contributed by atoms with Crippen molar-refractivity contribution in [2.45, 2.75) is 19.0 Å². The van der Waals surface area contributed by atoms with E-state index in [0.717, 1.165) is 11.8 Å². The minimum Gasteiger partial charge on any atom is -0.493 e. The molecule has 0 aliphatic rings. The van der Waals surface area contributed by atoms with Gasteiger partial charge in [-0.25, -0.2) is 13.1 Å². The van der Waals surface area contributed by atoms with Crippen LogP contribution in [0.5, 0.6) is 17.2 Å². The topological polar surface area (TPSA) is 94.2 Å². The van der Waals surface area contributed by atoms with Crippen LogP contribution in [0, 0.1) is 0 Å². The molecule has 0 aliphatic heterocycles. The number of rotatable bonds is 10. The van der Waals surface area contributed by atoms with Crippen LogP contribution in [0.25, 0.3) is 0 Å². The molecule has 0 aromatic heterocycles. The summed E-state index contributed by atoms with van der Waals surface area (Å²) < 4.78 is 42.2. The quantitative estimate of drug-likeness (QED) is 0.573. The Bertz CT molecular complexity index is 986. The van der Waals surface area contributed by atoms with Crippen LogP contribution in [-0.4, -0.2) is 53.9 Å². The number of methoxy groups -OCH3 is 3. The van der Waals surface area contributed by atoms with Gasteiger partial charge in [0, 0.05) is 25.0 Å². The van der Waals surface area contributed by atoms with Crippen molar-refractivity contribution in [2.24, 2.45) is 0 Å². The SMILES string of the molecule is COc1cc(CN(C)C(=O)CC(NS(C)(=O)=O)c2ccc(Cl)cc2)cc(OC)c1OC. The zero-order chi connectivity index (χ0) is 23.2. The largest absolute Gasteiger partial charge is 0.493 e. The molecule has 2 rings (SSSR count). The molecule has 0 saturated heterocycles. The number of halogens is 1. The number of ether oxygens (including phenoxy) is 3. The van der Waals surface area contributed by atoms with Crippen molar-refractivity contribution in [3.05, 3.63) is 52.5 Å². The molecule has 1 unspecified atom stereocenters. The van der Waals surface area contributed by atoms with Gasteiger partial charge in [-0.15, -0.1) is 0 Å². The van der Waals surface area contributed by atoms with Crippen LogP contribution >= 0.6 is 11.6 Å². The van der Waals surface area contributed by atoms with Crippen LogP contribution in [0.3, 0.4) is 0 Å². The van der Waals surface area contributed by atoms with E-state index in [9.17, 15) is 13.2 Å². The summed E-state index contributed by atoms with van der Waals surface area (Å²) in [7, 11) is 2.66. The van der Waals surface area contributed by atoms with E-state index in [4.69, 9.17) is 25.8 Å². The van der Waals surface area contributed by atoms with Gasteiger partial charge in [-0.05, 0) is 35.4 Å². The summed E-state index contributed by atoms with van der Waals surface area (Å²) in [5.41, 5.74) is 1.41. The third-order valence-electron chi connectivity index (χ3n) is 4.58. The van der Waals surface area contributed by atoms with Gasteiger partial charge < -0.3 is 19.1 Å². The van der Waals surface area contributed by atoms with E-state index >= 15 is 0 Å². The minimum absolute atomic E-state index is 0.0599. The molecule has 0 radical (unpaired) electrons. The maximum Gasteiger partial charge on any atom is 0.224 e. The van der Waals surface area contributed by atoms with Crippen molar-refractivity contribution in [3.63, 3.8) is 0 Å². The van der Waals surface area contributed by atoms with Crippen LogP contribution in [-0.2, 0) is 21.4 Å². The van der Waals surface area contributed by atoms with E-state index < -0.39 is 16.1 Å². The first kappa shape index (κ1) is 24.8. The number of carbonyl (C=O) groups excluding carboxylic acids is 1. The Balaban J connectivity index is 2.21. The van der Waals surface area contributed by atoms with Crippen molar-refractivity contribution in [1.29, 1.82) is 0 Å². The Labute approximate surface area is 188 Å². The number of hydrogen-bond acceptors (Lipinski definition) is 6. The summed E-state index contributed by atoms with van der Waals surface area (Å²) >= 11 is 5.92. The van der Waals surface area contributed by atoms with Crippen LogP contribution in [0.4, 0.5) is 0 Å². The van der Waals surface area contributed by atoms with E-state index in [-0.39, 0.29) is 18.9 Å². The van der Waals surface area contributed by atoms with Crippen molar-refractivity contribution in [2.75, 3.05) is 34.6 Å². The molecule has 2 aromatic carbocycles. The lowest BCUT2D eigenvalue weighted by Gasteiger charge is -2.23. The molecule has 0 saturated carbocycles. The smallest absolute Gasteiger partial charge is 0.224 e. The van der Waals surface area contributed by atoms with E-state index in [1.54, 1.807) is 43.4 Å². The number of carbonyl (C=O) groups is 1. The molecule has 1 amide bonds. The molecule has 1 N–H and O–H groups in total. The Morgan fingerprint density at radius 1 is 1.06 bits per heavy atom. The second kappa shape index (κ2) is 10.7. The summed E-state index contributed by atoms with van der Waals surface area (Å²) in [4.78, 5) is 14.4. The third-order valence-corrected chi connectivity index (χ3v) is 5.54. The van der Waals surface area contributed by atoms with Crippen LogP contribution in [0.2, 0.25) is 5.02 Å². The Hall–Kier alpha value is -2.49. The van der Waals surface area contributed by atoms with Gasteiger partial charge in [0.15, 0.2) is 11.5 Å². The van der Waals surface area contributed by atoms with Crippen molar-refractivity contribution in [1.82, 2.24) is 9.62 Å². The van der Waals surface area contributed by atoms with Gasteiger partial charge >= 0.3 is 0 Å². The van der Waals surface area contributed by atoms with Crippen molar-refractivity contribution < 1.29 is 27.4 Å². The van der Waals surface area contributed by atoms with Gasteiger partial charge in [0.25, 0.3) is 0 Å². The molecule has 2 aromatic rings. The van der Waals surface area contributed by atoms with Gasteiger partial charge in [-0.3, -0.25) is 4.79 Å². The highest BCUT2D eigenvalue weighted by Crippen LogP contribution is 2.38. The van der Waals surface area contributed by atoms with E-state index in [1.807, 2.05) is 0 Å². The second-order valence-corrected chi connectivity index (χ2v) is 9.20. The zero-order valence-corrected chi connectivity index (χ0v) is 19.7. The first-order chi connectivity index (χ1) is 14.6. The molecule has 1 atom stereocenters. The van der Waals surface area contributed by atoms with Crippen molar-refractivity contribution >= 4 is 27.5 Å². The number of hydrogen-bond donors (Lipinski definition) is 1. The summed E-state index contributed by atoms with van der Waals surface area (Å²) in [5, 5.41) is 0.521. The maximum atomic E-state index is 12.9. The molecule has 0 bridgehead atoms. The van der Waals surface area contributed by atoms with Gasteiger partial charge in [0.05, 0.1) is 33.6 Å². The normalized spacial score (nSPS) is 12.2. The molecule has 0 fully saturated rings. The Kier molecular flexibility index (Phi) is 8.55. The molecule has 0 aliphatic carbocycles. The predicted octanol–water partition coefficient (Wildman–Crippen LogP) is 3.00. The highest BCUT2D eigenvalue weighted by Gasteiger charge is 2.23. The average molecular weight is 471 g/mol. The third kappa shape index (κ3) is 7.02. The van der Waals surface area contributed by atoms with Crippen LogP contribution in [0.1, 0.15) is 23.6 Å². The summed E-state index contributed by atoms with van der Waals surface area (Å²) in [6.45, 7) is 0.266. The highest BCUT2D eigenvalue weighted by atomic mass is 35.5. The molecule has 31 heavy (non-hydrogen) atoms. The second-order valence-electron chi connectivity index (χ2n) is 6.98. The maximum absolute atomic E-state index is 12.9. The number of amides is 1. The predicted molar refractivity (Wildman–Crippen MR) is 119 cm³/mol. The first-order valence-electron chi connectivity index (χ1n) is 9.33. The zero-order valence-electron chi connectivity index (χ0n) is 18.1. The monoisotopic (exact) mass is 470 g/mol. The number of benzene rings is 2. The van der Waals surface area contributed by atoms with Crippen LogP contribution < -0.4 is 18.9 Å². The van der Waals surface area contributed by atoms with Gasteiger partial charge in [-0.2, -0.15) is 0 Å². The first-order valence-corrected chi connectivity index (χ1v) is 11.6. The summed E-state index contributed by atoms with van der Waals surface area (Å²) in [6.07, 6.45) is 0.996. The number of sulfonamides is 1. The van der Waals surface area contributed by atoms with E-state index in [0.29, 0.717) is 27.8 Å². The fourth-order valence-electron chi connectivity index (χ4n) is 3.10. The fourth-order valence-corrected chi connectivity index (χ4v) is 3.96. The average Bonchev–Trinajstić information content (AvgIpc) is 2.71. The van der Waals surface area contributed by atoms with Crippen molar-refractivity contribution in [3.8, 4) is 17.2 Å². The molecular formula is C21H27ClN2O6S. The summed E-state index contributed by atoms with van der Waals surface area (Å²) in [6, 6.07) is 9.49. The minimum atomic E-state index is -3.54. The van der Waals surface area contributed by atoms with Gasteiger partial charge in [0.2, 0.25) is 21.7 Å². The molecule has 170 valence electrons. The van der Waals surface area contributed by atoms with Gasteiger partial charge in [0.1, 0.15) is 0 Å². The molecule has 0 spiro atoms. The molecular weight excluding hydrogens is 444 g/mol. The number of nitrogens with one attached hydrogen (secondary N) is 1. The Morgan fingerprint density at radius 3 is 2.06 bits per heavy atom. The lowest BCUT2D eigenvalue weighted by atomic mass is 10.0.